The summed E-state index contributed by atoms with van der Waals surface area (Å²) in [4.78, 5) is 1.27. The van der Waals surface area contributed by atoms with Crippen molar-refractivity contribution in [2.45, 2.75) is 18.7 Å². The number of hydrogen-bond acceptors (Lipinski definition) is 2. The molecule has 2 aromatic carbocycles. The van der Waals surface area contributed by atoms with Gasteiger partial charge in [0.05, 0.1) is 10.7 Å². The first kappa shape index (κ1) is 11.1. The molecule has 0 saturated heterocycles. The Morgan fingerprint density at radius 1 is 1.06 bits per heavy atom. The van der Waals surface area contributed by atoms with Crippen LogP contribution in [0.15, 0.2) is 52.9 Å². The molecule has 0 aliphatic carbocycles. The van der Waals surface area contributed by atoms with E-state index in [4.69, 9.17) is 0 Å². The number of anilines is 1. The summed E-state index contributed by atoms with van der Waals surface area (Å²) >= 11 is 1.70. The summed E-state index contributed by atoms with van der Waals surface area (Å²) in [5.41, 5.74) is 1.21. The lowest BCUT2D eigenvalue weighted by Crippen LogP contribution is -1.87. The van der Waals surface area contributed by atoms with E-state index in [1.54, 1.807) is 11.8 Å². The number of nitrogens with one attached hydrogen (secondary N) is 1. The summed E-state index contributed by atoms with van der Waals surface area (Å²) in [6, 6.07) is 12.7. The Hall–Kier alpha value is -1.41. The molecule has 0 saturated carbocycles. The van der Waals surface area contributed by atoms with Crippen LogP contribution >= 0.6 is 11.8 Å². The third kappa shape index (κ3) is 1.81. The number of benzene rings is 2. The van der Waals surface area contributed by atoms with E-state index in [2.05, 4.69) is 48.3 Å². The topological polar surface area (TPSA) is 12.0 Å². The first-order valence-electron chi connectivity index (χ1n) is 5.50. The van der Waals surface area contributed by atoms with Crippen molar-refractivity contribution in [1.29, 1.82) is 0 Å². The molecule has 0 aromatic heterocycles. The van der Waals surface area contributed by atoms with Crippen LogP contribution in [-0.4, -0.2) is 0 Å². The Labute approximate surface area is 101 Å². The molecule has 0 bridgehead atoms. The minimum Gasteiger partial charge on any atom is -0.349 e. The summed E-state index contributed by atoms with van der Waals surface area (Å²) in [5.74, 6) is 0. The lowest BCUT2D eigenvalue weighted by Gasteiger charge is -2.03. The van der Waals surface area contributed by atoms with Gasteiger partial charge in [-0.3, -0.25) is 0 Å². The van der Waals surface area contributed by atoms with Gasteiger partial charge in [-0.25, -0.2) is 0 Å². The van der Waals surface area contributed by atoms with Crippen LogP contribution in [0.1, 0.15) is 13.8 Å². The van der Waals surface area contributed by atoms with E-state index >= 15 is 0 Å². The van der Waals surface area contributed by atoms with E-state index in [1.807, 2.05) is 13.8 Å². The highest BCUT2D eigenvalue weighted by Gasteiger charge is 2.15. The Kier molecular flexibility index (Phi) is 3.20. The smallest absolute Gasteiger partial charge is 0.0701 e. The maximum Gasteiger partial charge on any atom is 0.0701 e. The first-order chi connectivity index (χ1) is 7.84. The molecular formula is C14H15NS. The fraction of sp³-hybridized carbons (Fsp3) is 0.143. The molecule has 82 valence electrons. The monoisotopic (exact) mass is 229 g/mol. The van der Waals surface area contributed by atoms with E-state index in [1.165, 1.54) is 21.4 Å². The molecule has 1 aliphatic heterocycles. The van der Waals surface area contributed by atoms with Gasteiger partial charge in [-0.05, 0) is 11.5 Å². The normalized spacial score (nSPS) is 12.8. The Morgan fingerprint density at radius 2 is 1.81 bits per heavy atom. The number of hydrogen-bond donors (Lipinski definition) is 1. The van der Waals surface area contributed by atoms with Crippen LogP contribution in [0.3, 0.4) is 0 Å². The van der Waals surface area contributed by atoms with Crippen LogP contribution in [0.2, 0.25) is 0 Å². The second-order valence-corrected chi connectivity index (χ2v) is 4.45. The van der Waals surface area contributed by atoms with Crippen molar-refractivity contribution in [1.82, 2.24) is 0 Å². The second kappa shape index (κ2) is 4.62. The van der Waals surface area contributed by atoms with Crippen molar-refractivity contribution < 1.29 is 0 Å². The van der Waals surface area contributed by atoms with Crippen LogP contribution in [0, 0.1) is 0 Å². The third-order valence-electron chi connectivity index (χ3n) is 2.39. The van der Waals surface area contributed by atoms with Gasteiger partial charge >= 0.3 is 0 Å². The van der Waals surface area contributed by atoms with Crippen LogP contribution in [0.4, 0.5) is 5.69 Å². The molecule has 2 heteroatoms. The van der Waals surface area contributed by atoms with E-state index in [0.29, 0.717) is 0 Å². The molecule has 3 rings (SSSR count). The predicted octanol–water partition coefficient (Wildman–Crippen LogP) is 4.85. The molecule has 2 aromatic rings. The van der Waals surface area contributed by atoms with Crippen LogP contribution in [0.25, 0.3) is 10.8 Å². The van der Waals surface area contributed by atoms with Gasteiger partial charge in [-0.15, -0.1) is 0 Å². The summed E-state index contributed by atoms with van der Waals surface area (Å²) in [6.45, 7) is 7.93. The van der Waals surface area contributed by atoms with Crippen molar-refractivity contribution in [2.24, 2.45) is 0 Å². The summed E-state index contributed by atoms with van der Waals surface area (Å²) in [6.07, 6.45) is 0. The molecule has 0 spiro atoms. The molecule has 0 atom stereocenters. The number of rotatable bonds is 0. The van der Waals surface area contributed by atoms with Crippen molar-refractivity contribution in [3.63, 3.8) is 0 Å². The predicted molar refractivity (Wildman–Crippen MR) is 73.9 cm³/mol. The highest BCUT2D eigenvalue weighted by molar-refractivity contribution is 8.03. The maximum atomic E-state index is 3.93. The van der Waals surface area contributed by atoms with Gasteiger partial charge < -0.3 is 5.32 Å². The molecule has 1 heterocycles. The Bertz CT molecular complexity index is 531. The fourth-order valence-electron chi connectivity index (χ4n) is 1.76. The van der Waals surface area contributed by atoms with E-state index in [-0.39, 0.29) is 0 Å². The van der Waals surface area contributed by atoms with Crippen molar-refractivity contribution in [2.75, 3.05) is 5.32 Å². The molecule has 1 aliphatic rings. The minimum atomic E-state index is 1.01. The SMILES string of the molecule is C=C1Nc2c(ccc3ccccc23)S1.CC. The zero-order chi connectivity index (χ0) is 11.5. The zero-order valence-electron chi connectivity index (χ0n) is 9.58. The zero-order valence-corrected chi connectivity index (χ0v) is 10.4. The first-order valence-corrected chi connectivity index (χ1v) is 6.32. The van der Waals surface area contributed by atoms with Crippen LogP contribution in [0.5, 0.6) is 0 Å². The van der Waals surface area contributed by atoms with Crippen LogP contribution < -0.4 is 5.32 Å². The average Bonchev–Trinajstić information content (AvgIpc) is 2.72. The van der Waals surface area contributed by atoms with Gasteiger partial charge in [-0.2, -0.15) is 0 Å². The van der Waals surface area contributed by atoms with Crippen molar-refractivity contribution in [3.05, 3.63) is 48.0 Å². The average molecular weight is 229 g/mol. The van der Waals surface area contributed by atoms with Gasteiger partial charge in [0.1, 0.15) is 0 Å². The highest BCUT2D eigenvalue weighted by Crippen LogP contribution is 2.43. The molecule has 0 radical (unpaired) electrons. The molecule has 16 heavy (non-hydrogen) atoms. The van der Waals surface area contributed by atoms with Gasteiger partial charge in [-0.1, -0.05) is 62.5 Å². The van der Waals surface area contributed by atoms with Gasteiger partial charge in [0, 0.05) is 10.3 Å². The second-order valence-electron chi connectivity index (χ2n) is 3.31. The Morgan fingerprint density at radius 3 is 2.62 bits per heavy atom. The lowest BCUT2D eigenvalue weighted by atomic mass is 10.1. The molecule has 0 fully saturated rings. The van der Waals surface area contributed by atoms with Crippen molar-refractivity contribution >= 4 is 28.2 Å². The summed E-state index contributed by atoms with van der Waals surface area (Å²) in [5, 5.41) is 6.87. The van der Waals surface area contributed by atoms with E-state index < -0.39 is 0 Å². The highest BCUT2D eigenvalue weighted by atomic mass is 32.2. The van der Waals surface area contributed by atoms with Crippen LogP contribution in [-0.2, 0) is 0 Å². The molecule has 0 unspecified atom stereocenters. The molecular weight excluding hydrogens is 214 g/mol. The fourth-order valence-corrected chi connectivity index (χ4v) is 2.58. The van der Waals surface area contributed by atoms with Crippen molar-refractivity contribution in [3.8, 4) is 0 Å². The summed E-state index contributed by atoms with van der Waals surface area (Å²) in [7, 11) is 0. The van der Waals surface area contributed by atoms with Gasteiger partial charge in [0.2, 0.25) is 0 Å². The maximum absolute atomic E-state index is 3.93. The lowest BCUT2D eigenvalue weighted by molar-refractivity contribution is 1.50. The van der Waals surface area contributed by atoms with E-state index in [9.17, 15) is 0 Å². The standard InChI is InChI=1S/C12H9NS.C2H6/c1-8-13-12-10-5-3-2-4-9(10)6-7-11(12)14-8;1-2/h2-7,13H,1H2;1-2H3. The number of thioether (sulfide) groups is 1. The molecule has 1 nitrogen and oxygen atoms in total. The number of fused-ring (bicyclic) bond motifs is 3. The largest absolute Gasteiger partial charge is 0.349 e. The Balaban J connectivity index is 0.000000457. The molecule has 0 amide bonds. The van der Waals surface area contributed by atoms with E-state index in [0.717, 1.165) is 5.03 Å². The summed E-state index contributed by atoms with van der Waals surface area (Å²) < 4.78 is 0. The van der Waals surface area contributed by atoms with Gasteiger partial charge in [0.15, 0.2) is 0 Å². The third-order valence-corrected chi connectivity index (χ3v) is 3.30. The van der Waals surface area contributed by atoms with Gasteiger partial charge in [0.25, 0.3) is 0 Å². The molecule has 1 N–H and O–H groups in total. The minimum absolute atomic E-state index is 1.01. The quantitative estimate of drug-likeness (QED) is 0.692.